The summed E-state index contributed by atoms with van der Waals surface area (Å²) in [5.74, 6) is 0.428. The zero-order chi connectivity index (χ0) is 5.70. The first-order valence-electron chi connectivity index (χ1n) is 2.90. The molecule has 0 spiro atoms. The van der Waals surface area contributed by atoms with Crippen LogP contribution in [-0.4, -0.2) is 0 Å². The first-order chi connectivity index (χ1) is 3.31. The van der Waals surface area contributed by atoms with E-state index in [9.17, 15) is 0 Å². The second-order valence-corrected chi connectivity index (χ2v) is 1.62. The number of rotatable bonds is 3. The van der Waals surface area contributed by atoms with Crippen LogP contribution in [0.25, 0.3) is 0 Å². The van der Waals surface area contributed by atoms with Crippen molar-refractivity contribution < 1.29 is 1.37 Å². The molecule has 0 N–H and O–H groups in total. The Morgan fingerprint density at radius 1 is 2.00 bits per heavy atom. The molecule has 0 nitrogen and oxygen atoms in total. The lowest BCUT2D eigenvalue weighted by Crippen LogP contribution is -1.82. The lowest BCUT2D eigenvalue weighted by atomic mass is 10.1. The molecule has 2 radical (unpaired) electrons. The summed E-state index contributed by atoms with van der Waals surface area (Å²) in [6.07, 6.45) is 1.99. The summed E-state index contributed by atoms with van der Waals surface area (Å²) >= 11 is 0. The number of hydrogen-bond donors (Lipinski definition) is 0. The Kier molecular flexibility index (Phi) is 2.22. The molecule has 0 aliphatic heterocycles. The summed E-state index contributed by atoms with van der Waals surface area (Å²) in [6.45, 7) is 7.16. The smallest absolute Gasteiger partial charge is 0.0269 e. The highest BCUT2D eigenvalue weighted by Crippen LogP contribution is 1.99. The van der Waals surface area contributed by atoms with Gasteiger partial charge in [-0.3, -0.25) is 0 Å². The van der Waals surface area contributed by atoms with Crippen molar-refractivity contribution in [1.29, 1.82) is 0 Å². The van der Waals surface area contributed by atoms with Crippen molar-refractivity contribution in [3.05, 3.63) is 13.8 Å². The molecular formula is C6H12. The van der Waals surface area contributed by atoms with E-state index < -0.39 is 0 Å². The van der Waals surface area contributed by atoms with Crippen LogP contribution in [-0.2, 0) is 0 Å². The zero-order valence-corrected chi connectivity index (χ0v) is 4.28. The first-order valence-corrected chi connectivity index (χ1v) is 2.32. The van der Waals surface area contributed by atoms with Gasteiger partial charge >= 0.3 is 0 Å². The molecule has 0 aromatic heterocycles. The average Bonchev–Trinajstić information content (AvgIpc) is 1.68. The Morgan fingerprint density at radius 3 is 2.83 bits per heavy atom. The molecule has 0 rings (SSSR count). The Hall–Kier alpha value is 0. The molecule has 1 atom stereocenters. The largest absolute Gasteiger partial charge is 0.0625 e. The topological polar surface area (TPSA) is 0 Å². The van der Waals surface area contributed by atoms with Gasteiger partial charge in [-0.1, -0.05) is 33.6 Å². The van der Waals surface area contributed by atoms with Gasteiger partial charge in [0.25, 0.3) is 0 Å². The van der Waals surface area contributed by atoms with Gasteiger partial charge in [-0.15, -0.1) is 0 Å². The second-order valence-electron chi connectivity index (χ2n) is 1.62. The highest BCUT2D eigenvalue weighted by molar-refractivity contribution is 4.53. The minimum atomic E-state index is 0.428. The van der Waals surface area contributed by atoms with Gasteiger partial charge in [0.2, 0.25) is 0 Å². The van der Waals surface area contributed by atoms with Crippen LogP contribution in [0.4, 0.5) is 0 Å². The maximum absolute atomic E-state index is 6.76. The highest BCUT2D eigenvalue weighted by Gasteiger charge is 1.85. The lowest BCUT2D eigenvalue weighted by molar-refractivity contribution is 0.653. The standard InChI is InChI=1S/C6H12/c1-4-5-6(2)3/h6H,1-2,4-5H2,3H3/i2D. The van der Waals surface area contributed by atoms with Gasteiger partial charge < -0.3 is 0 Å². The van der Waals surface area contributed by atoms with Crippen molar-refractivity contribution in [2.75, 3.05) is 0 Å². The monoisotopic (exact) mass is 85.1 g/mol. The van der Waals surface area contributed by atoms with Crippen molar-refractivity contribution in [3.63, 3.8) is 0 Å². The van der Waals surface area contributed by atoms with E-state index in [2.05, 4.69) is 6.92 Å². The Morgan fingerprint density at radius 2 is 2.67 bits per heavy atom. The molecule has 0 saturated carbocycles. The second kappa shape index (κ2) is 3.20. The average molecular weight is 85.2 g/mol. The quantitative estimate of drug-likeness (QED) is 0.492. The Labute approximate surface area is 42.0 Å². The molecule has 0 heteroatoms. The third-order valence-electron chi connectivity index (χ3n) is 0.659. The van der Waals surface area contributed by atoms with Crippen LogP contribution in [0.3, 0.4) is 0 Å². The summed E-state index contributed by atoms with van der Waals surface area (Å²) in [6, 6.07) is 0. The molecule has 0 bridgehead atoms. The number of hydrogen-bond acceptors (Lipinski definition) is 0. The SMILES string of the molecule is [2H][CH]C(C)CC[CH2]. The van der Waals surface area contributed by atoms with Crippen molar-refractivity contribution in [2.45, 2.75) is 19.8 Å². The molecule has 36 valence electrons. The molecule has 0 fully saturated rings. The van der Waals surface area contributed by atoms with E-state index in [1.165, 1.54) is 6.90 Å². The van der Waals surface area contributed by atoms with Crippen LogP contribution < -0.4 is 0 Å². The Bertz CT molecular complexity index is 35.2. The maximum Gasteiger partial charge on any atom is 0.0269 e. The molecule has 0 heterocycles. The van der Waals surface area contributed by atoms with Crippen molar-refractivity contribution in [3.8, 4) is 0 Å². The van der Waals surface area contributed by atoms with Crippen LogP contribution in [0.1, 0.15) is 21.1 Å². The predicted octanol–water partition coefficient (Wildman–Crippen LogP) is 2.07. The normalized spacial score (nSPS) is 16.7. The van der Waals surface area contributed by atoms with E-state index in [1.54, 1.807) is 0 Å². The summed E-state index contributed by atoms with van der Waals surface area (Å²) < 4.78 is 6.76. The van der Waals surface area contributed by atoms with Gasteiger partial charge in [0.15, 0.2) is 0 Å². The minimum Gasteiger partial charge on any atom is -0.0625 e. The molecule has 0 saturated heterocycles. The molecule has 0 aromatic rings. The van der Waals surface area contributed by atoms with Gasteiger partial charge in [0.1, 0.15) is 0 Å². The van der Waals surface area contributed by atoms with Gasteiger partial charge in [-0.05, 0) is 5.92 Å². The van der Waals surface area contributed by atoms with Crippen LogP contribution in [0.5, 0.6) is 0 Å². The molecule has 0 aromatic carbocycles. The maximum atomic E-state index is 6.76. The first kappa shape index (κ1) is 4.17. The van der Waals surface area contributed by atoms with E-state index in [0.29, 0.717) is 5.92 Å². The summed E-state index contributed by atoms with van der Waals surface area (Å²) in [5, 5.41) is 0. The van der Waals surface area contributed by atoms with Gasteiger partial charge in [0, 0.05) is 1.37 Å². The van der Waals surface area contributed by atoms with Gasteiger partial charge in [-0.2, -0.15) is 0 Å². The summed E-state index contributed by atoms with van der Waals surface area (Å²) in [5.41, 5.74) is 0. The van der Waals surface area contributed by atoms with E-state index in [4.69, 9.17) is 1.37 Å². The highest BCUT2D eigenvalue weighted by atomic mass is 13.9. The van der Waals surface area contributed by atoms with Crippen LogP contribution >= 0.6 is 0 Å². The summed E-state index contributed by atoms with van der Waals surface area (Å²) in [4.78, 5) is 0. The fourth-order valence-corrected chi connectivity index (χ4v) is 0.322. The van der Waals surface area contributed by atoms with E-state index in [0.717, 1.165) is 12.8 Å². The molecule has 0 amide bonds. The minimum absolute atomic E-state index is 0.428. The molecule has 1 unspecified atom stereocenters. The van der Waals surface area contributed by atoms with Crippen molar-refractivity contribution in [2.24, 2.45) is 5.92 Å². The van der Waals surface area contributed by atoms with Crippen LogP contribution in [0.15, 0.2) is 0 Å². The zero-order valence-electron chi connectivity index (χ0n) is 5.28. The fourth-order valence-electron chi connectivity index (χ4n) is 0.322. The van der Waals surface area contributed by atoms with Gasteiger partial charge in [0.05, 0.1) is 0 Å². The molecular weight excluding hydrogens is 72.1 g/mol. The summed E-state index contributed by atoms with van der Waals surface area (Å²) in [7, 11) is 0. The van der Waals surface area contributed by atoms with Crippen molar-refractivity contribution >= 4 is 0 Å². The molecule has 0 aliphatic carbocycles. The molecule has 6 heavy (non-hydrogen) atoms. The van der Waals surface area contributed by atoms with E-state index in [1.807, 2.05) is 6.92 Å². The van der Waals surface area contributed by atoms with Crippen LogP contribution in [0.2, 0.25) is 0 Å². The lowest BCUT2D eigenvalue weighted by Gasteiger charge is -1.95. The van der Waals surface area contributed by atoms with Crippen LogP contribution in [0, 0.1) is 19.7 Å². The third-order valence-corrected chi connectivity index (χ3v) is 0.659. The fraction of sp³-hybridized carbons (Fsp3) is 0.667. The van der Waals surface area contributed by atoms with Crippen molar-refractivity contribution in [1.82, 2.24) is 0 Å². The molecule has 0 aliphatic rings. The third kappa shape index (κ3) is 4.00. The van der Waals surface area contributed by atoms with E-state index in [-0.39, 0.29) is 0 Å². The Balaban J connectivity index is 2.83. The van der Waals surface area contributed by atoms with Gasteiger partial charge in [-0.25, -0.2) is 0 Å². The van der Waals surface area contributed by atoms with E-state index >= 15 is 0 Å². The predicted molar refractivity (Wildman–Crippen MR) is 29.1 cm³/mol.